The largest absolute Gasteiger partial charge is 0.398 e. The van der Waals surface area contributed by atoms with E-state index in [4.69, 9.17) is 11.5 Å². The first-order valence-electron chi connectivity index (χ1n) is 8.52. The average Bonchev–Trinajstić information content (AvgIpc) is 2.59. The van der Waals surface area contributed by atoms with Crippen molar-refractivity contribution in [3.05, 3.63) is 53.9 Å². The molecular weight excluding hydrogens is 336 g/mol. The van der Waals surface area contributed by atoms with E-state index in [1.165, 1.54) is 6.07 Å². The second kappa shape index (κ2) is 9.50. The number of sulfonamides is 1. The number of benzene rings is 1. The number of rotatable bonds is 10. The molecule has 136 valence electrons. The van der Waals surface area contributed by atoms with Gasteiger partial charge < -0.3 is 11.5 Å². The van der Waals surface area contributed by atoms with Crippen LogP contribution >= 0.6 is 0 Å². The third-order valence-electron chi connectivity index (χ3n) is 3.88. The van der Waals surface area contributed by atoms with Crippen LogP contribution < -0.4 is 16.2 Å². The molecule has 0 fully saturated rings. The van der Waals surface area contributed by atoms with E-state index in [-0.39, 0.29) is 17.1 Å². The van der Waals surface area contributed by atoms with Gasteiger partial charge in [0, 0.05) is 24.4 Å². The number of nitrogens with zero attached hydrogens (tertiary/aromatic N) is 1. The van der Waals surface area contributed by atoms with Crippen LogP contribution in [-0.4, -0.2) is 26.5 Å². The summed E-state index contributed by atoms with van der Waals surface area (Å²) >= 11 is 0. The molecule has 1 aromatic carbocycles. The Morgan fingerprint density at radius 1 is 0.920 bits per heavy atom. The van der Waals surface area contributed by atoms with Crippen LogP contribution in [-0.2, 0) is 22.9 Å². The Balaban J connectivity index is 1.88. The van der Waals surface area contributed by atoms with E-state index in [2.05, 4.69) is 9.71 Å². The standard InChI is InChI=1S/C18H26N4O2S/c19-13-5-1-2-7-15-8-6-9-16(22-15)12-14-21-25(23,24)18-11-4-3-10-17(18)20/h3-4,6,8-11,21H,1-2,5,7,12-14,19-20H2. The Labute approximate surface area is 149 Å². The molecule has 0 aliphatic heterocycles. The highest BCUT2D eigenvalue weighted by Gasteiger charge is 2.16. The monoisotopic (exact) mass is 362 g/mol. The highest BCUT2D eigenvalue weighted by Crippen LogP contribution is 2.16. The zero-order valence-corrected chi connectivity index (χ0v) is 15.1. The van der Waals surface area contributed by atoms with Crippen LogP contribution in [0.25, 0.3) is 0 Å². The van der Waals surface area contributed by atoms with Gasteiger partial charge in [-0.2, -0.15) is 0 Å². The maximum atomic E-state index is 12.3. The van der Waals surface area contributed by atoms with Gasteiger partial charge in [0.2, 0.25) is 10.0 Å². The Morgan fingerprint density at radius 2 is 1.64 bits per heavy atom. The van der Waals surface area contributed by atoms with E-state index in [9.17, 15) is 8.42 Å². The zero-order chi connectivity index (χ0) is 18.1. The fourth-order valence-corrected chi connectivity index (χ4v) is 3.71. The average molecular weight is 362 g/mol. The molecule has 0 saturated carbocycles. The molecule has 2 rings (SSSR count). The molecule has 0 saturated heterocycles. The summed E-state index contributed by atoms with van der Waals surface area (Å²) in [5.41, 5.74) is 13.4. The Bertz CT molecular complexity index is 778. The van der Waals surface area contributed by atoms with Crippen molar-refractivity contribution in [1.29, 1.82) is 0 Å². The first-order valence-corrected chi connectivity index (χ1v) is 10.0. The molecule has 1 aromatic heterocycles. The molecule has 6 nitrogen and oxygen atoms in total. The van der Waals surface area contributed by atoms with Crippen LogP contribution in [0.1, 0.15) is 30.7 Å². The fourth-order valence-electron chi connectivity index (χ4n) is 2.55. The van der Waals surface area contributed by atoms with Crippen LogP contribution in [0.3, 0.4) is 0 Å². The van der Waals surface area contributed by atoms with Gasteiger partial charge in [0.15, 0.2) is 0 Å². The summed E-state index contributed by atoms with van der Waals surface area (Å²) in [5.74, 6) is 0. The number of aromatic nitrogens is 1. The van der Waals surface area contributed by atoms with Crippen molar-refractivity contribution in [2.75, 3.05) is 18.8 Å². The van der Waals surface area contributed by atoms with E-state index in [0.717, 1.165) is 43.6 Å². The Hall–Kier alpha value is -1.96. The number of nitrogen functional groups attached to an aromatic ring is 1. The summed E-state index contributed by atoms with van der Waals surface area (Å²) < 4.78 is 27.2. The highest BCUT2D eigenvalue weighted by molar-refractivity contribution is 7.89. The Kier molecular flexibility index (Phi) is 7.36. The van der Waals surface area contributed by atoms with E-state index in [1.807, 2.05) is 18.2 Å². The van der Waals surface area contributed by atoms with Crippen molar-refractivity contribution in [2.24, 2.45) is 5.73 Å². The SMILES string of the molecule is NCCCCCc1cccc(CCNS(=O)(=O)c2ccccc2N)n1. The number of nitrogens with two attached hydrogens (primary N) is 2. The van der Waals surface area contributed by atoms with Crippen molar-refractivity contribution < 1.29 is 8.42 Å². The molecule has 5 N–H and O–H groups in total. The van der Waals surface area contributed by atoms with Gasteiger partial charge in [-0.05, 0) is 50.1 Å². The molecular formula is C18H26N4O2S. The molecule has 0 amide bonds. The summed E-state index contributed by atoms with van der Waals surface area (Å²) in [6, 6.07) is 12.3. The molecule has 0 radical (unpaired) electrons. The van der Waals surface area contributed by atoms with Gasteiger partial charge in [-0.15, -0.1) is 0 Å². The minimum atomic E-state index is -3.61. The van der Waals surface area contributed by atoms with Crippen LogP contribution in [0.2, 0.25) is 0 Å². The predicted molar refractivity (Wildman–Crippen MR) is 101 cm³/mol. The second-order valence-electron chi connectivity index (χ2n) is 5.91. The molecule has 25 heavy (non-hydrogen) atoms. The van der Waals surface area contributed by atoms with Crippen molar-refractivity contribution >= 4 is 15.7 Å². The van der Waals surface area contributed by atoms with E-state index in [0.29, 0.717) is 6.42 Å². The van der Waals surface area contributed by atoms with Gasteiger partial charge in [0.25, 0.3) is 0 Å². The number of nitrogens with one attached hydrogen (secondary N) is 1. The topological polar surface area (TPSA) is 111 Å². The van der Waals surface area contributed by atoms with Gasteiger partial charge in [-0.3, -0.25) is 4.98 Å². The van der Waals surface area contributed by atoms with E-state index < -0.39 is 10.0 Å². The fraction of sp³-hybridized carbons (Fsp3) is 0.389. The van der Waals surface area contributed by atoms with E-state index >= 15 is 0 Å². The predicted octanol–water partition coefficient (Wildman–Crippen LogP) is 1.86. The van der Waals surface area contributed by atoms with Gasteiger partial charge in [0.1, 0.15) is 4.90 Å². The summed E-state index contributed by atoms with van der Waals surface area (Å²) in [4.78, 5) is 4.70. The Morgan fingerprint density at radius 3 is 2.36 bits per heavy atom. The van der Waals surface area contributed by atoms with Gasteiger partial charge in [-0.1, -0.05) is 24.6 Å². The smallest absolute Gasteiger partial charge is 0.242 e. The van der Waals surface area contributed by atoms with Crippen molar-refractivity contribution in [2.45, 2.75) is 37.0 Å². The molecule has 0 spiro atoms. The number of hydrogen-bond donors (Lipinski definition) is 3. The lowest BCUT2D eigenvalue weighted by Gasteiger charge is -2.09. The van der Waals surface area contributed by atoms with Crippen LogP contribution in [0.4, 0.5) is 5.69 Å². The lowest BCUT2D eigenvalue weighted by molar-refractivity contribution is 0.581. The maximum absolute atomic E-state index is 12.3. The molecule has 0 atom stereocenters. The maximum Gasteiger partial charge on any atom is 0.242 e. The van der Waals surface area contributed by atoms with Crippen molar-refractivity contribution in [3.63, 3.8) is 0 Å². The summed E-state index contributed by atoms with van der Waals surface area (Å²) in [5, 5.41) is 0. The number of unbranched alkanes of at least 4 members (excludes halogenated alkanes) is 2. The van der Waals surface area contributed by atoms with Gasteiger partial charge in [0.05, 0.1) is 5.69 Å². The van der Waals surface area contributed by atoms with E-state index in [1.54, 1.807) is 18.2 Å². The first-order chi connectivity index (χ1) is 12.0. The summed E-state index contributed by atoms with van der Waals surface area (Å²) in [7, 11) is -3.61. The molecule has 0 unspecified atom stereocenters. The number of anilines is 1. The third kappa shape index (κ3) is 6.12. The molecule has 7 heteroatoms. The summed E-state index contributed by atoms with van der Waals surface area (Å²) in [6.07, 6.45) is 4.64. The highest BCUT2D eigenvalue weighted by atomic mass is 32.2. The van der Waals surface area contributed by atoms with Crippen LogP contribution in [0.5, 0.6) is 0 Å². The number of para-hydroxylation sites is 1. The van der Waals surface area contributed by atoms with Crippen molar-refractivity contribution in [1.82, 2.24) is 9.71 Å². The minimum Gasteiger partial charge on any atom is -0.398 e. The second-order valence-corrected chi connectivity index (χ2v) is 7.64. The van der Waals surface area contributed by atoms with Crippen LogP contribution in [0.15, 0.2) is 47.4 Å². The molecule has 2 aromatic rings. The lowest BCUT2D eigenvalue weighted by Crippen LogP contribution is -2.27. The number of aryl methyl sites for hydroxylation is 1. The first kappa shape index (κ1) is 19.4. The molecule has 0 aliphatic carbocycles. The van der Waals surface area contributed by atoms with Gasteiger partial charge >= 0.3 is 0 Å². The lowest BCUT2D eigenvalue weighted by atomic mass is 10.1. The third-order valence-corrected chi connectivity index (χ3v) is 5.42. The normalized spacial score (nSPS) is 11.6. The quantitative estimate of drug-likeness (QED) is 0.441. The molecule has 0 bridgehead atoms. The van der Waals surface area contributed by atoms with Gasteiger partial charge in [-0.25, -0.2) is 13.1 Å². The minimum absolute atomic E-state index is 0.108. The van der Waals surface area contributed by atoms with Crippen LogP contribution in [0, 0.1) is 0 Å². The number of hydrogen-bond acceptors (Lipinski definition) is 5. The number of pyridine rings is 1. The molecule has 0 aliphatic rings. The van der Waals surface area contributed by atoms with Crippen molar-refractivity contribution in [3.8, 4) is 0 Å². The zero-order valence-electron chi connectivity index (χ0n) is 14.3. The summed E-state index contributed by atoms with van der Waals surface area (Å²) in [6.45, 7) is 1.000. The molecule has 1 heterocycles.